The Morgan fingerprint density at radius 3 is 1.44 bits per heavy atom. The van der Waals surface area contributed by atoms with Gasteiger partial charge in [-0.15, -0.1) is 0 Å². The molecule has 0 spiro atoms. The van der Waals surface area contributed by atoms with Crippen LogP contribution in [0.3, 0.4) is 0 Å². The zero-order valence-electron chi connectivity index (χ0n) is 34.7. The Kier molecular flexibility index (Phi) is 39.7. The van der Waals surface area contributed by atoms with Crippen LogP contribution in [-0.2, 0) is 28.6 Å². The molecule has 0 aliphatic heterocycles. The molecule has 54 heavy (non-hydrogen) atoms. The fourth-order valence-electron chi connectivity index (χ4n) is 5.57. The highest BCUT2D eigenvalue weighted by molar-refractivity contribution is 5.72. The van der Waals surface area contributed by atoms with Crippen LogP contribution in [0, 0.1) is 0 Å². The molecule has 306 valence electrons. The molecule has 0 aromatic rings. The van der Waals surface area contributed by atoms with E-state index in [0.29, 0.717) is 12.8 Å². The van der Waals surface area contributed by atoms with Gasteiger partial charge in [0.1, 0.15) is 13.2 Å². The highest BCUT2D eigenvalue weighted by Crippen LogP contribution is 2.14. The normalized spacial score (nSPS) is 12.9. The SMILES string of the molecule is CC\C=C/C=C\C=C/C=C\CCCCCC(=O)OC(COC(=O)C/C=C\C/C=C\C/C=C\CC)COC(=O)CCCCCCCCCCCCCCCC. The number of carbonyl (C=O) groups is 3. The summed E-state index contributed by atoms with van der Waals surface area (Å²) in [5, 5.41) is 0. The van der Waals surface area contributed by atoms with Crippen LogP contribution in [0.4, 0.5) is 0 Å². The first-order valence-corrected chi connectivity index (χ1v) is 21.6. The van der Waals surface area contributed by atoms with E-state index in [1.54, 1.807) is 6.08 Å². The van der Waals surface area contributed by atoms with E-state index in [4.69, 9.17) is 14.2 Å². The molecular weight excluding hydrogens is 673 g/mol. The van der Waals surface area contributed by atoms with E-state index in [1.165, 1.54) is 70.6 Å². The van der Waals surface area contributed by atoms with Crippen molar-refractivity contribution < 1.29 is 28.6 Å². The molecule has 0 aromatic carbocycles. The van der Waals surface area contributed by atoms with Crippen molar-refractivity contribution >= 4 is 17.9 Å². The van der Waals surface area contributed by atoms with Crippen molar-refractivity contribution in [2.45, 2.75) is 187 Å². The Hall–Kier alpha value is -3.41. The molecule has 0 fully saturated rings. The van der Waals surface area contributed by atoms with E-state index in [2.05, 4.69) is 57.2 Å². The first-order valence-electron chi connectivity index (χ1n) is 21.6. The Labute approximate surface area is 331 Å². The van der Waals surface area contributed by atoms with Gasteiger partial charge in [0.2, 0.25) is 0 Å². The number of allylic oxidation sites excluding steroid dienone is 13. The molecule has 0 aromatic heterocycles. The van der Waals surface area contributed by atoms with Crippen LogP contribution in [-0.4, -0.2) is 37.2 Å². The van der Waals surface area contributed by atoms with E-state index >= 15 is 0 Å². The summed E-state index contributed by atoms with van der Waals surface area (Å²) in [5.74, 6) is -1.10. The van der Waals surface area contributed by atoms with Gasteiger partial charge >= 0.3 is 17.9 Å². The molecule has 0 N–H and O–H groups in total. The topological polar surface area (TPSA) is 78.9 Å². The Balaban J connectivity index is 4.50. The van der Waals surface area contributed by atoms with E-state index < -0.39 is 12.1 Å². The molecule has 6 heteroatoms. The zero-order chi connectivity index (χ0) is 39.4. The van der Waals surface area contributed by atoms with Gasteiger partial charge in [-0.3, -0.25) is 14.4 Å². The van der Waals surface area contributed by atoms with Crippen molar-refractivity contribution in [2.24, 2.45) is 0 Å². The maximum absolute atomic E-state index is 12.7. The van der Waals surface area contributed by atoms with Gasteiger partial charge in [-0.1, -0.05) is 196 Å². The zero-order valence-corrected chi connectivity index (χ0v) is 34.7. The molecular formula is C48H78O6. The maximum atomic E-state index is 12.7. The van der Waals surface area contributed by atoms with E-state index in [0.717, 1.165) is 64.2 Å². The van der Waals surface area contributed by atoms with Gasteiger partial charge in [0.15, 0.2) is 6.10 Å². The van der Waals surface area contributed by atoms with Gasteiger partial charge in [0.05, 0.1) is 6.42 Å². The second-order valence-corrected chi connectivity index (χ2v) is 14.0. The molecule has 0 radical (unpaired) electrons. The third-order valence-electron chi connectivity index (χ3n) is 8.77. The summed E-state index contributed by atoms with van der Waals surface area (Å²) < 4.78 is 16.5. The lowest BCUT2D eigenvalue weighted by Crippen LogP contribution is -2.30. The maximum Gasteiger partial charge on any atom is 0.309 e. The summed E-state index contributed by atoms with van der Waals surface area (Å²) in [7, 11) is 0. The van der Waals surface area contributed by atoms with Crippen LogP contribution < -0.4 is 0 Å². The highest BCUT2D eigenvalue weighted by atomic mass is 16.6. The van der Waals surface area contributed by atoms with Gasteiger partial charge in [-0.2, -0.15) is 0 Å². The third-order valence-corrected chi connectivity index (χ3v) is 8.77. The number of hydrogen-bond donors (Lipinski definition) is 0. The van der Waals surface area contributed by atoms with Gasteiger partial charge in [0, 0.05) is 12.8 Å². The van der Waals surface area contributed by atoms with Crippen LogP contribution in [0.1, 0.15) is 181 Å². The van der Waals surface area contributed by atoms with Crippen molar-refractivity contribution in [1.82, 2.24) is 0 Å². The molecule has 0 amide bonds. The molecule has 0 aliphatic carbocycles. The van der Waals surface area contributed by atoms with Crippen molar-refractivity contribution in [1.29, 1.82) is 0 Å². The Bertz CT molecular complexity index is 1090. The molecule has 0 saturated heterocycles. The summed E-state index contributed by atoms with van der Waals surface area (Å²) in [4.78, 5) is 37.5. The molecule has 0 aliphatic rings. The Morgan fingerprint density at radius 2 is 0.870 bits per heavy atom. The molecule has 6 nitrogen and oxygen atoms in total. The lowest BCUT2D eigenvalue weighted by Gasteiger charge is -2.18. The fraction of sp³-hybridized carbons (Fsp3) is 0.646. The van der Waals surface area contributed by atoms with Crippen LogP contribution in [0.5, 0.6) is 0 Å². The molecule has 1 unspecified atom stereocenters. The van der Waals surface area contributed by atoms with Gasteiger partial charge in [-0.25, -0.2) is 0 Å². The molecule has 0 bridgehead atoms. The number of ether oxygens (including phenoxy) is 3. The molecule has 0 heterocycles. The van der Waals surface area contributed by atoms with E-state index in [1.807, 2.05) is 42.5 Å². The van der Waals surface area contributed by atoms with Crippen molar-refractivity contribution in [2.75, 3.05) is 13.2 Å². The molecule has 1 atom stereocenters. The predicted molar refractivity (Wildman–Crippen MR) is 228 cm³/mol. The van der Waals surface area contributed by atoms with E-state index in [9.17, 15) is 14.4 Å². The minimum atomic E-state index is -0.828. The lowest BCUT2D eigenvalue weighted by atomic mass is 10.0. The lowest BCUT2D eigenvalue weighted by molar-refractivity contribution is -0.166. The molecule has 0 rings (SSSR count). The second kappa shape index (κ2) is 42.3. The number of unbranched alkanes of at least 4 members (excludes halogenated alkanes) is 16. The van der Waals surface area contributed by atoms with Gasteiger partial charge < -0.3 is 14.2 Å². The summed E-state index contributed by atoms with van der Waals surface area (Å²) in [5.41, 5.74) is 0. The quantitative estimate of drug-likeness (QED) is 0.0207. The number of rotatable bonds is 37. The van der Waals surface area contributed by atoms with Crippen molar-refractivity contribution in [3.63, 3.8) is 0 Å². The Morgan fingerprint density at radius 1 is 0.426 bits per heavy atom. The summed E-state index contributed by atoms with van der Waals surface area (Å²) in [6.45, 7) is 6.22. The summed E-state index contributed by atoms with van der Waals surface area (Å²) in [6, 6.07) is 0. The second-order valence-electron chi connectivity index (χ2n) is 14.0. The fourth-order valence-corrected chi connectivity index (χ4v) is 5.57. The number of esters is 3. The smallest absolute Gasteiger partial charge is 0.309 e. The number of carbonyl (C=O) groups excluding carboxylic acids is 3. The minimum Gasteiger partial charge on any atom is -0.462 e. The van der Waals surface area contributed by atoms with Crippen LogP contribution in [0.15, 0.2) is 85.1 Å². The van der Waals surface area contributed by atoms with Gasteiger partial charge in [0.25, 0.3) is 0 Å². The summed E-state index contributed by atoms with van der Waals surface area (Å²) >= 11 is 0. The van der Waals surface area contributed by atoms with Gasteiger partial charge in [-0.05, 0) is 51.4 Å². The first kappa shape index (κ1) is 50.6. The van der Waals surface area contributed by atoms with Crippen LogP contribution >= 0.6 is 0 Å². The average molecular weight is 751 g/mol. The van der Waals surface area contributed by atoms with Crippen molar-refractivity contribution in [3.05, 3.63) is 85.1 Å². The summed E-state index contributed by atoms with van der Waals surface area (Å²) in [6.07, 6.45) is 53.2. The average Bonchev–Trinajstić information content (AvgIpc) is 3.17. The minimum absolute atomic E-state index is 0.119. The molecule has 0 saturated carbocycles. The third kappa shape index (κ3) is 39.8. The highest BCUT2D eigenvalue weighted by Gasteiger charge is 2.19. The van der Waals surface area contributed by atoms with Crippen LogP contribution in [0.2, 0.25) is 0 Å². The first-order chi connectivity index (χ1) is 26.5. The number of hydrogen-bond acceptors (Lipinski definition) is 6. The monoisotopic (exact) mass is 751 g/mol. The van der Waals surface area contributed by atoms with Crippen molar-refractivity contribution in [3.8, 4) is 0 Å². The standard InChI is InChI=1S/C48H78O6/c1-4-7-10-13-16-19-21-23-25-26-29-32-35-38-41-47(50)53-44-45(43-52-46(49)40-37-34-31-28-18-15-12-9-6-3)54-48(51)42-39-36-33-30-27-24-22-20-17-14-11-8-5-2/h8-9,11-12,14,17-18,20,22,24,27-28,34,37,45H,4-7,10,13,15-16,19,21,23,25-26,29-33,35-36,38-44H2,1-3H3/b11-8-,12-9-,17-14-,22-20-,27-24-,28-18-,37-34-. The van der Waals surface area contributed by atoms with Crippen LogP contribution in [0.25, 0.3) is 0 Å². The largest absolute Gasteiger partial charge is 0.462 e. The van der Waals surface area contributed by atoms with E-state index in [-0.39, 0.29) is 38.0 Å². The predicted octanol–water partition coefficient (Wildman–Crippen LogP) is 13.7.